The Hall–Kier alpha value is -1.07. The van der Waals surface area contributed by atoms with Crippen molar-refractivity contribution >= 4 is 27.6 Å². The molecule has 5 heteroatoms. The Kier molecular flexibility index (Phi) is 4.39. The number of likely N-dealkylation sites (tertiary alicyclic amines) is 1. The number of anilines is 1. The van der Waals surface area contributed by atoms with Gasteiger partial charge in [-0.1, -0.05) is 15.9 Å². The summed E-state index contributed by atoms with van der Waals surface area (Å²) in [5.41, 5.74) is 0.801. The van der Waals surface area contributed by atoms with Gasteiger partial charge in [0.25, 0.3) is 0 Å². The van der Waals surface area contributed by atoms with Crippen molar-refractivity contribution < 1.29 is 4.79 Å². The Morgan fingerprint density at radius 3 is 2.59 bits per heavy atom. The minimum Gasteiger partial charge on any atom is -0.337 e. The van der Waals surface area contributed by atoms with Gasteiger partial charge in [0.05, 0.1) is 0 Å². The van der Waals surface area contributed by atoms with Gasteiger partial charge < -0.3 is 15.5 Å². The summed E-state index contributed by atoms with van der Waals surface area (Å²) in [6.07, 6.45) is 1.28. The number of hydrogen-bond donors (Lipinski definition) is 2. The first-order valence-electron chi connectivity index (χ1n) is 5.77. The molecular formula is C12H16BrN3O. The first kappa shape index (κ1) is 12.4. The van der Waals surface area contributed by atoms with Crippen LogP contribution in [0, 0.1) is 0 Å². The van der Waals surface area contributed by atoms with E-state index in [0.717, 1.165) is 29.8 Å². The third kappa shape index (κ3) is 4.02. The first-order chi connectivity index (χ1) is 8.24. The monoisotopic (exact) mass is 297 g/mol. The van der Waals surface area contributed by atoms with Crippen LogP contribution < -0.4 is 10.6 Å². The first-order valence-corrected chi connectivity index (χ1v) is 6.56. The van der Waals surface area contributed by atoms with E-state index < -0.39 is 0 Å². The summed E-state index contributed by atoms with van der Waals surface area (Å²) >= 11 is 3.35. The van der Waals surface area contributed by atoms with Gasteiger partial charge in [-0.05, 0) is 43.8 Å². The number of amides is 2. The van der Waals surface area contributed by atoms with Crippen LogP contribution in [0.15, 0.2) is 28.7 Å². The second kappa shape index (κ2) is 6.02. The SMILES string of the molecule is O=C(NCCN1CCC1)Nc1ccc(Br)cc1. The lowest BCUT2D eigenvalue weighted by Gasteiger charge is -2.30. The molecule has 2 amide bonds. The lowest BCUT2D eigenvalue weighted by Crippen LogP contribution is -2.43. The molecule has 0 atom stereocenters. The second-order valence-electron chi connectivity index (χ2n) is 4.08. The zero-order valence-corrected chi connectivity index (χ0v) is 11.2. The van der Waals surface area contributed by atoms with Crippen molar-refractivity contribution in [1.29, 1.82) is 0 Å². The normalized spacial score (nSPS) is 15.1. The topological polar surface area (TPSA) is 44.4 Å². The highest BCUT2D eigenvalue weighted by Gasteiger charge is 2.12. The summed E-state index contributed by atoms with van der Waals surface area (Å²) in [5, 5.41) is 5.63. The Morgan fingerprint density at radius 1 is 1.29 bits per heavy atom. The molecule has 1 aliphatic heterocycles. The molecule has 0 aromatic heterocycles. The zero-order chi connectivity index (χ0) is 12.1. The number of hydrogen-bond acceptors (Lipinski definition) is 2. The van der Waals surface area contributed by atoms with Crippen LogP contribution in [0.1, 0.15) is 6.42 Å². The molecule has 0 saturated carbocycles. The van der Waals surface area contributed by atoms with Gasteiger partial charge >= 0.3 is 6.03 Å². The smallest absolute Gasteiger partial charge is 0.319 e. The molecule has 0 spiro atoms. The number of rotatable bonds is 4. The lowest BCUT2D eigenvalue weighted by atomic mass is 10.2. The number of benzene rings is 1. The Balaban J connectivity index is 1.67. The molecule has 2 N–H and O–H groups in total. The predicted octanol–water partition coefficient (Wildman–Crippen LogP) is 2.28. The number of halogens is 1. The third-order valence-corrected chi connectivity index (χ3v) is 3.29. The van der Waals surface area contributed by atoms with Crippen LogP contribution in [0.5, 0.6) is 0 Å². The summed E-state index contributed by atoms with van der Waals surface area (Å²) in [7, 11) is 0. The van der Waals surface area contributed by atoms with Crippen molar-refractivity contribution in [2.45, 2.75) is 6.42 Å². The number of urea groups is 1. The minimum atomic E-state index is -0.146. The van der Waals surface area contributed by atoms with Gasteiger partial charge in [-0.25, -0.2) is 4.79 Å². The van der Waals surface area contributed by atoms with Gasteiger partial charge in [0.1, 0.15) is 0 Å². The van der Waals surface area contributed by atoms with E-state index in [1.807, 2.05) is 24.3 Å². The van der Waals surface area contributed by atoms with E-state index in [1.54, 1.807) is 0 Å². The molecule has 1 heterocycles. The molecule has 2 rings (SSSR count). The highest BCUT2D eigenvalue weighted by atomic mass is 79.9. The fourth-order valence-electron chi connectivity index (χ4n) is 1.64. The van der Waals surface area contributed by atoms with Crippen LogP contribution >= 0.6 is 15.9 Å². The second-order valence-corrected chi connectivity index (χ2v) is 5.00. The van der Waals surface area contributed by atoms with E-state index in [4.69, 9.17) is 0 Å². The summed E-state index contributed by atoms with van der Waals surface area (Å²) in [4.78, 5) is 13.9. The molecule has 0 bridgehead atoms. The number of nitrogens with one attached hydrogen (secondary N) is 2. The van der Waals surface area contributed by atoms with Crippen molar-refractivity contribution in [3.63, 3.8) is 0 Å². The molecule has 92 valence electrons. The number of nitrogens with zero attached hydrogens (tertiary/aromatic N) is 1. The van der Waals surface area contributed by atoms with Gasteiger partial charge in [0.15, 0.2) is 0 Å². The highest BCUT2D eigenvalue weighted by Crippen LogP contribution is 2.13. The molecule has 1 aromatic carbocycles. The van der Waals surface area contributed by atoms with Crippen LogP contribution in [0.4, 0.5) is 10.5 Å². The molecule has 0 radical (unpaired) electrons. The Labute approximate surface area is 110 Å². The lowest BCUT2D eigenvalue weighted by molar-refractivity contribution is 0.182. The maximum atomic E-state index is 11.5. The number of carbonyl (C=O) groups excluding carboxylic acids is 1. The minimum absolute atomic E-state index is 0.146. The summed E-state index contributed by atoms with van der Waals surface area (Å²) < 4.78 is 1.00. The maximum Gasteiger partial charge on any atom is 0.319 e. The molecule has 1 aliphatic rings. The van der Waals surface area contributed by atoms with E-state index in [-0.39, 0.29) is 6.03 Å². The molecule has 0 aliphatic carbocycles. The Morgan fingerprint density at radius 2 is 2.00 bits per heavy atom. The van der Waals surface area contributed by atoms with Crippen LogP contribution in [-0.4, -0.2) is 37.1 Å². The molecule has 1 saturated heterocycles. The summed E-state index contributed by atoms with van der Waals surface area (Å²) in [6, 6.07) is 7.37. The van der Waals surface area contributed by atoms with Crippen molar-refractivity contribution in [3.05, 3.63) is 28.7 Å². The average molecular weight is 298 g/mol. The van der Waals surface area contributed by atoms with Gasteiger partial charge in [-0.15, -0.1) is 0 Å². The van der Waals surface area contributed by atoms with Crippen LogP contribution in [0.25, 0.3) is 0 Å². The maximum absolute atomic E-state index is 11.5. The van der Waals surface area contributed by atoms with Gasteiger partial charge in [-0.2, -0.15) is 0 Å². The molecule has 17 heavy (non-hydrogen) atoms. The van der Waals surface area contributed by atoms with E-state index in [9.17, 15) is 4.79 Å². The molecule has 4 nitrogen and oxygen atoms in total. The van der Waals surface area contributed by atoms with Crippen LogP contribution in [0.3, 0.4) is 0 Å². The van der Waals surface area contributed by atoms with Gasteiger partial charge in [-0.3, -0.25) is 0 Å². The zero-order valence-electron chi connectivity index (χ0n) is 9.58. The molecule has 1 fully saturated rings. The van der Waals surface area contributed by atoms with Gasteiger partial charge in [0.2, 0.25) is 0 Å². The van der Waals surface area contributed by atoms with Crippen molar-refractivity contribution in [2.24, 2.45) is 0 Å². The summed E-state index contributed by atoms with van der Waals surface area (Å²) in [6.45, 7) is 3.96. The van der Waals surface area contributed by atoms with E-state index in [2.05, 4.69) is 31.5 Å². The average Bonchev–Trinajstić information content (AvgIpc) is 2.25. The van der Waals surface area contributed by atoms with Crippen LogP contribution in [-0.2, 0) is 0 Å². The van der Waals surface area contributed by atoms with E-state index in [1.165, 1.54) is 6.42 Å². The molecular weight excluding hydrogens is 282 g/mol. The fourth-order valence-corrected chi connectivity index (χ4v) is 1.91. The van der Waals surface area contributed by atoms with Gasteiger partial charge in [0, 0.05) is 23.2 Å². The van der Waals surface area contributed by atoms with Crippen molar-refractivity contribution in [2.75, 3.05) is 31.5 Å². The third-order valence-electron chi connectivity index (χ3n) is 2.76. The van der Waals surface area contributed by atoms with E-state index in [0.29, 0.717) is 6.54 Å². The quantitative estimate of drug-likeness (QED) is 0.895. The highest BCUT2D eigenvalue weighted by molar-refractivity contribution is 9.10. The van der Waals surface area contributed by atoms with E-state index >= 15 is 0 Å². The number of carbonyl (C=O) groups is 1. The molecule has 0 unspecified atom stereocenters. The van der Waals surface area contributed by atoms with Crippen molar-refractivity contribution in [3.8, 4) is 0 Å². The Bertz CT molecular complexity index is 376. The summed E-state index contributed by atoms with van der Waals surface area (Å²) in [5.74, 6) is 0. The fraction of sp³-hybridized carbons (Fsp3) is 0.417. The van der Waals surface area contributed by atoms with Crippen LogP contribution in [0.2, 0.25) is 0 Å². The standard InChI is InChI=1S/C12H16BrN3O/c13-10-2-4-11(5-3-10)15-12(17)14-6-9-16-7-1-8-16/h2-5H,1,6-9H2,(H2,14,15,17). The molecule has 1 aromatic rings. The largest absolute Gasteiger partial charge is 0.337 e. The van der Waals surface area contributed by atoms with Crippen molar-refractivity contribution in [1.82, 2.24) is 10.2 Å². The predicted molar refractivity (Wildman–Crippen MR) is 72.2 cm³/mol.